The number of carboxylic acid groups (broad SMARTS) is 2. The van der Waals surface area contributed by atoms with Gasteiger partial charge in [-0.3, -0.25) is 19.2 Å². The summed E-state index contributed by atoms with van der Waals surface area (Å²) in [5.74, 6) is -4.02. The summed E-state index contributed by atoms with van der Waals surface area (Å²) >= 11 is 6.90. The number of nitrogens with two attached hydrogens (primary N) is 1. The molecule has 0 bridgehead atoms. The Hall–Kier alpha value is -1.64. The third-order valence-corrected chi connectivity index (χ3v) is 5.68. The van der Waals surface area contributed by atoms with E-state index in [-0.39, 0.29) is 12.2 Å². The van der Waals surface area contributed by atoms with Crippen molar-refractivity contribution in [1.29, 1.82) is 0 Å². The van der Waals surface area contributed by atoms with Gasteiger partial charge in [0.05, 0.1) is 12.5 Å². The average molecular weight is 499 g/mol. The minimum absolute atomic E-state index is 0.173. The number of amides is 3. The molecule has 14 heteroatoms. The highest BCUT2D eigenvalue weighted by Crippen LogP contribution is 2.04. The van der Waals surface area contributed by atoms with Gasteiger partial charge in [0.1, 0.15) is 18.1 Å². The number of carbonyl (C=O) groups excluding carboxylic acids is 3. The van der Waals surface area contributed by atoms with E-state index in [4.69, 9.17) is 10.8 Å². The van der Waals surface area contributed by atoms with E-state index < -0.39 is 60.2 Å². The molecule has 0 aromatic carbocycles. The summed E-state index contributed by atoms with van der Waals surface area (Å²) in [6.07, 6.45) is 3.42. The lowest BCUT2D eigenvalue weighted by Gasteiger charge is -2.23. The van der Waals surface area contributed by atoms with Crippen LogP contribution in [0.15, 0.2) is 0 Å². The van der Waals surface area contributed by atoms with E-state index in [1.807, 2.05) is 6.26 Å². The SMILES string of the molecule is CSCCC(N)C(=O)NC(CC(=O)O)C(=O)NC(CS)C(=O)NC(CCSC)C(=O)O. The van der Waals surface area contributed by atoms with Gasteiger partial charge in [-0.15, -0.1) is 0 Å². The number of thiol groups is 1. The largest absolute Gasteiger partial charge is 0.481 e. The number of nitrogens with one attached hydrogen (secondary N) is 3. The smallest absolute Gasteiger partial charge is 0.326 e. The van der Waals surface area contributed by atoms with Crippen LogP contribution in [0.5, 0.6) is 0 Å². The quantitative estimate of drug-likeness (QED) is 0.127. The standard InChI is InChI=1S/C17H30N4O7S3/c1-30-5-3-9(18)14(24)20-11(7-13(22)23)15(25)21-12(8-29)16(26)19-10(17(27)28)4-6-31-2/h9-12,29H,3-8,18H2,1-2H3,(H,19,26)(H,20,24)(H,21,25)(H,22,23)(H,27,28). The van der Waals surface area contributed by atoms with Gasteiger partial charge in [0.2, 0.25) is 17.7 Å². The van der Waals surface area contributed by atoms with Gasteiger partial charge >= 0.3 is 11.9 Å². The zero-order valence-electron chi connectivity index (χ0n) is 17.3. The van der Waals surface area contributed by atoms with Crippen molar-refractivity contribution in [1.82, 2.24) is 16.0 Å². The molecular weight excluding hydrogens is 468 g/mol. The molecule has 31 heavy (non-hydrogen) atoms. The Morgan fingerprint density at radius 2 is 1.32 bits per heavy atom. The van der Waals surface area contributed by atoms with Crippen molar-refractivity contribution in [2.75, 3.05) is 29.8 Å². The van der Waals surface area contributed by atoms with Crippen LogP contribution in [-0.4, -0.2) is 93.8 Å². The van der Waals surface area contributed by atoms with Gasteiger partial charge in [0.25, 0.3) is 0 Å². The van der Waals surface area contributed by atoms with E-state index in [1.54, 1.807) is 6.26 Å². The molecule has 0 saturated carbocycles. The van der Waals surface area contributed by atoms with E-state index in [0.717, 1.165) is 0 Å². The first-order valence-corrected chi connectivity index (χ1v) is 12.7. The third-order valence-electron chi connectivity index (χ3n) is 4.02. The van der Waals surface area contributed by atoms with E-state index in [0.29, 0.717) is 17.9 Å². The first-order valence-electron chi connectivity index (χ1n) is 9.27. The molecule has 4 atom stereocenters. The van der Waals surface area contributed by atoms with Crippen molar-refractivity contribution in [2.45, 2.75) is 43.4 Å². The van der Waals surface area contributed by atoms with Crippen molar-refractivity contribution < 1.29 is 34.2 Å². The Balaban J connectivity index is 5.16. The van der Waals surface area contributed by atoms with Gasteiger partial charge in [-0.25, -0.2) is 4.79 Å². The van der Waals surface area contributed by atoms with Gasteiger partial charge in [-0.2, -0.15) is 36.2 Å². The van der Waals surface area contributed by atoms with Gasteiger partial charge in [0.15, 0.2) is 0 Å². The highest BCUT2D eigenvalue weighted by Gasteiger charge is 2.30. The summed E-state index contributed by atoms with van der Waals surface area (Å²) in [5.41, 5.74) is 5.74. The lowest BCUT2D eigenvalue weighted by Crippen LogP contribution is -2.58. The predicted molar refractivity (Wildman–Crippen MR) is 124 cm³/mol. The van der Waals surface area contributed by atoms with Gasteiger partial charge in [-0.05, 0) is 36.9 Å². The molecule has 7 N–H and O–H groups in total. The van der Waals surface area contributed by atoms with E-state index in [9.17, 15) is 29.1 Å². The highest BCUT2D eigenvalue weighted by atomic mass is 32.2. The number of hydrogen-bond donors (Lipinski definition) is 7. The minimum atomic E-state index is -1.47. The van der Waals surface area contributed by atoms with Crippen LogP contribution < -0.4 is 21.7 Å². The van der Waals surface area contributed by atoms with Crippen LogP contribution in [0.4, 0.5) is 0 Å². The van der Waals surface area contributed by atoms with Crippen molar-refractivity contribution in [2.24, 2.45) is 5.73 Å². The monoisotopic (exact) mass is 498 g/mol. The van der Waals surface area contributed by atoms with Crippen LogP contribution in [-0.2, 0) is 24.0 Å². The number of carbonyl (C=O) groups is 5. The first-order chi connectivity index (χ1) is 14.6. The molecule has 4 unspecified atom stereocenters. The topological polar surface area (TPSA) is 188 Å². The summed E-state index contributed by atoms with van der Waals surface area (Å²) in [5, 5.41) is 25.2. The average Bonchev–Trinajstić information content (AvgIpc) is 2.71. The van der Waals surface area contributed by atoms with Crippen LogP contribution in [0.2, 0.25) is 0 Å². The summed E-state index contributed by atoms with van der Waals surface area (Å²) in [6, 6.07) is -4.77. The number of thioether (sulfide) groups is 2. The van der Waals surface area contributed by atoms with Crippen molar-refractivity contribution in [3.8, 4) is 0 Å². The molecule has 11 nitrogen and oxygen atoms in total. The minimum Gasteiger partial charge on any atom is -0.481 e. The molecule has 0 aliphatic rings. The molecular formula is C17H30N4O7S3. The molecule has 0 aromatic rings. The van der Waals surface area contributed by atoms with E-state index in [1.165, 1.54) is 23.5 Å². The fourth-order valence-corrected chi connectivity index (χ4v) is 3.49. The fourth-order valence-electron chi connectivity index (χ4n) is 2.27. The Kier molecular flexibility index (Phi) is 15.2. The normalized spacial score (nSPS) is 14.6. The van der Waals surface area contributed by atoms with Gasteiger partial charge < -0.3 is 31.9 Å². The van der Waals surface area contributed by atoms with Gasteiger partial charge in [-0.1, -0.05) is 0 Å². The molecule has 0 aromatic heterocycles. The van der Waals surface area contributed by atoms with Crippen LogP contribution in [0.25, 0.3) is 0 Å². The molecule has 3 amide bonds. The van der Waals surface area contributed by atoms with E-state index in [2.05, 4.69) is 28.6 Å². The van der Waals surface area contributed by atoms with Crippen LogP contribution in [0.3, 0.4) is 0 Å². The third kappa shape index (κ3) is 12.1. The van der Waals surface area contributed by atoms with Crippen LogP contribution in [0.1, 0.15) is 19.3 Å². The Morgan fingerprint density at radius 3 is 1.81 bits per heavy atom. The zero-order chi connectivity index (χ0) is 24.0. The second-order valence-electron chi connectivity index (χ2n) is 6.47. The second-order valence-corrected chi connectivity index (χ2v) is 8.81. The Bertz CT molecular complexity index is 639. The summed E-state index contributed by atoms with van der Waals surface area (Å²) < 4.78 is 0. The van der Waals surface area contributed by atoms with Crippen molar-refractivity contribution >= 4 is 65.8 Å². The predicted octanol–water partition coefficient (Wildman–Crippen LogP) is -1.24. The highest BCUT2D eigenvalue weighted by molar-refractivity contribution is 7.98. The first kappa shape index (κ1) is 29.4. The maximum Gasteiger partial charge on any atom is 0.326 e. The molecule has 0 saturated heterocycles. The maximum absolute atomic E-state index is 12.5. The van der Waals surface area contributed by atoms with Crippen molar-refractivity contribution in [3.63, 3.8) is 0 Å². The lowest BCUT2D eigenvalue weighted by atomic mass is 10.1. The Morgan fingerprint density at radius 1 is 0.839 bits per heavy atom. The lowest BCUT2D eigenvalue weighted by molar-refractivity contribution is -0.143. The summed E-state index contributed by atoms with van der Waals surface area (Å²) in [6.45, 7) is 0. The molecule has 0 spiro atoms. The molecule has 0 fully saturated rings. The Labute approximate surface area is 194 Å². The zero-order valence-corrected chi connectivity index (χ0v) is 19.9. The molecule has 0 rings (SSSR count). The maximum atomic E-state index is 12.5. The van der Waals surface area contributed by atoms with E-state index >= 15 is 0 Å². The number of rotatable bonds is 16. The summed E-state index contributed by atoms with van der Waals surface area (Å²) in [7, 11) is 0. The molecule has 178 valence electrons. The fraction of sp³-hybridized carbons (Fsp3) is 0.706. The molecule has 0 aliphatic carbocycles. The summed E-state index contributed by atoms with van der Waals surface area (Å²) in [4.78, 5) is 59.6. The molecule has 0 aliphatic heterocycles. The number of hydrogen-bond acceptors (Lipinski definition) is 9. The molecule has 0 heterocycles. The number of aliphatic carboxylic acids is 2. The van der Waals surface area contributed by atoms with Crippen molar-refractivity contribution in [3.05, 3.63) is 0 Å². The molecule has 0 radical (unpaired) electrons. The van der Waals surface area contributed by atoms with Crippen LogP contribution in [0, 0.1) is 0 Å². The van der Waals surface area contributed by atoms with Gasteiger partial charge in [0, 0.05) is 5.75 Å². The van der Waals surface area contributed by atoms with Crippen LogP contribution >= 0.6 is 36.2 Å². The second kappa shape index (κ2) is 16.1. The number of carboxylic acids is 2.